The van der Waals surface area contributed by atoms with E-state index in [1.165, 1.54) is 16.2 Å². The molecule has 0 radical (unpaired) electrons. The molecule has 0 saturated carbocycles. The summed E-state index contributed by atoms with van der Waals surface area (Å²) >= 11 is 7.38. The number of carbonyl (C=O) groups excluding carboxylic acids is 2. The van der Waals surface area contributed by atoms with Gasteiger partial charge in [-0.15, -0.1) is 11.3 Å². The Balaban J connectivity index is 1.58. The molecule has 2 aromatic carbocycles. The van der Waals surface area contributed by atoms with Crippen LogP contribution in [0.1, 0.15) is 17.4 Å². The smallest absolute Gasteiger partial charge is 0.278 e. The van der Waals surface area contributed by atoms with E-state index in [1.807, 2.05) is 60.8 Å². The van der Waals surface area contributed by atoms with Crippen LogP contribution < -0.4 is 10.1 Å². The van der Waals surface area contributed by atoms with Crippen molar-refractivity contribution in [1.29, 1.82) is 0 Å². The Bertz CT molecular complexity index is 1110. The van der Waals surface area contributed by atoms with E-state index in [9.17, 15) is 9.59 Å². The Hall–Kier alpha value is -3.09. The van der Waals surface area contributed by atoms with Gasteiger partial charge >= 0.3 is 0 Å². The number of anilines is 1. The van der Waals surface area contributed by atoms with Gasteiger partial charge in [-0.05, 0) is 66.8 Å². The molecule has 0 aliphatic carbocycles. The van der Waals surface area contributed by atoms with Crippen molar-refractivity contribution in [3.05, 3.63) is 87.2 Å². The van der Waals surface area contributed by atoms with Gasteiger partial charge in [-0.25, -0.2) is 0 Å². The lowest BCUT2D eigenvalue weighted by atomic mass is 10.1. The second-order valence-corrected chi connectivity index (χ2v) is 8.33. The normalized spacial score (nSPS) is 13.8. The molecule has 31 heavy (non-hydrogen) atoms. The third-order valence-corrected chi connectivity index (χ3v) is 6.05. The maximum atomic E-state index is 13.2. The molecule has 0 saturated heterocycles. The average Bonchev–Trinajstić information content (AvgIpc) is 3.37. The molecular formula is C24H21ClN2O3S. The molecule has 0 unspecified atom stereocenters. The van der Waals surface area contributed by atoms with Gasteiger partial charge in [0.25, 0.3) is 11.8 Å². The second kappa shape index (κ2) is 9.37. The molecule has 1 aliphatic rings. The molecule has 0 spiro atoms. The molecule has 5 nitrogen and oxygen atoms in total. The van der Waals surface area contributed by atoms with Crippen LogP contribution in [-0.4, -0.2) is 29.9 Å². The first-order valence-corrected chi connectivity index (χ1v) is 11.2. The summed E-state index contributed by atoms with van der Waals surface area (Å²) < 4.78 is 5.47. The standard InChI is InChI=1S/C24H21ClN2O3S/c1-2-30-19-11-9-18(10-12-19)26-22-21(20-4-3-15-31-20)23(28)27(24(22)29)14-13-16-5-7-17(25)8-6-16/h3-12,15,26H,2,13-14H2,1H3. The minimum Gasteiger partial charge on any atom is -0.494 e. The fraction of sp³-hybridized carbons (Fsp3) is 0.167. The fourth-order valence-electron chi connectivity index (χ4n) is 3.38. The van der Waals surface area contributed by atoms with Crippen LogP contribution in [0.2, 0.25) is 5.02 Å². The second-order valence-electron chi connectivity index (χ2n) is 6.95. The van der Waals surface area contributed by atoms with E-state index in [4.69, 9.17) is 16.3 Å². The minimum atomic E-state index is -0.323. The molecular weight excluding hydrogens is 432 g/mol. The number of benzene rings is 2. The number of imide groups is 1. The van der Waals surface area contributed by atoms with E-state index in [0.717, 1.165) is 16.2 Å². The predicted octanol–water partition coefficient (Wildman–Crippen LogP) is 5.23. The van der Waals surface area contributed by atoms with E-state index in [1.54, 1.807) is 12.1 Å². The molecule has 2 heterocycles. The maximum Gasteiger partial charge on any atom is 0.278 e. The topological polar surface area (TPSA) is 58.6 Å². The third kappa shape index (κ3) is 4.65. The van der Waals surface area contributed by atoms with E-state index in [2.05, 4.69) is 5.32 Å². The van der Waals surface area contributed by atoms with Crippen molar-refractivity contribution in [1.82, 2.24) is 4.90 Å². The van der Waals surface area contributed by atoms with E-state index in [0.29, 0.717) is 41.6 Å². The number of nitrogens with zero attached hydrogens (tertiary/aromatic N) is 1. The van der Waals surface area contributed by atoms with Crippen LogP contribution in [0.25, 0.3) is 5.57 Å². The summed E-state index contributed by atoms with van der Waals surface area (Å²) in [7, 11) is 0. The minimum absolute atomic E-state index is 0.283. The Morgan fingerprint density at radius 3 is 2.39 bits per heavy atom. The van der Waals surface area contributed by atoms with Crippen LogP contribution in [0.5, 0.6) is 5.75 Å². The van der Waals surface area contributed by atoms with Gasteiger partial charge in [0.1, 0.15) is 11.4 Å². The summed E-state index contributed by atoms with van der Waals surface area (Å²) in [6.07, 6.45) is 0.558. The third-order valence-electron chi connectivity index (χ3n) is 4.91. The lowest BCUT2D eigenvalue weighted by Crippen LogP contribution is -2.34. The van der Waals surface area contributed by atoms with Gasteiger partial charge in [-0.1, -0.05) is 29.8 Å². The number of halogens is 1. The molecule has 3 aromatic rings. The first-order chi connectivity index (χ1) is 15.1. The predicted molar refractivity (Wildman–Crippen MR) is 124 cm³/mol. The number of nitrogens with one attached hydrogen (secondary N) is 1. The Kier molecular flexibility index (Phi) is 6.39. The quantitative estimate of drug-likeness (QED) is 0.475. The number of thiophene rings is 1. The summed E-state index contributed by atoms with van der Waals surface area (Å²) in [6.45, 7) is 2.80. The van der Waals surface area contributed by atoms with Crippen LogP contribution >= 0.6 is 22.9 Å². The lowest BCUT2D eigenvalue weighted by molar-refractivity contribution is -0.136. The van der Waals surface area contributed by atoms with E-state index < -0.39 is 0 Å². The van der Waals surface area contributed by atoms with E-state index >= 15 is 0 Å². The molecule has 1 aromatic heterocycles. The van der Waals surface area contributed by atoms with Gasteiger partial charge in [0.15, 0.2) is 0 Å². The SMILES string of the molecule is CCOc1ccc(NC2=C(c3cccs3)C(=O)N(CCc3ccc(Cl)cc3)C2=O)cc1. The van der Waals surface area contributed by atoms with Crippen LogP contribution in [0, 0.1) is 0 Å². The number of hydrogen-bond acceptors (Lipinski definition) is 5. The lowest BCUT2D eigenvalue weighted by Gasteiger charge is -2.15. The maximum absolute atomic E-state index is 13.2. The van der Waals surface area contributed by atoms with Crippen LogP contribution in [-0.2, 0) is 16.0 Å². The van der Waals surface area contributed by atoms with Crippen molar-refractivity contribution in [3.8, 4) is 5.75 Å². The van der Waals surface area contributed by atoms with Crippen LogP contribution in [0.15, 0.2) is 71.7 Å². The average molecular weight is 453 g/mol. The highest BCUT2D eigenvalue weighted by Crippen LogP contribution is 2.33. The Morgan fingerprint density at radius 2 is 1.74 bits per heavy atom. The summed E-state index contributed by atoms with van der Waals surface area (Å²) in [4.78, 5) is 28.5. The number of ether oxygens (including phenoxy) is 1. The first kappa shape index (κ1) is 21.2. The molecule has 4 rings (SSSR count). The van der Waals surface area contributed by atoms with Crippen molar-refractivity contribution in [2.75, 3.05) is 18.5 Å². The Morgan fingerprint density at radius 1 is 1.00 bits per heavy atom. The van der Waals surface area contributed by atoms with Gasteiger partial charge in [0, 0.05) is 22.1 Å². The molecule has 158 valence electrons. The molecule has 0 bridgehead atoms. The number of rotatable bonds is 8. The van der Waals surface area contributed by atoms with Crippen molar-refractivity contribution >= 4 is 46.0 Å². The fourth-order valence-corrected chi connectivity index (χ4v) is 4.28. The first-order valence-electron chi connectivity index (χ1n) is 9.95. The molecule has 2 amide bonds. The summed E-state index contributed by atoms with van der Waals surface area (Å²) in [5.74, 6) is 0.144. The van der Waals surface area contributed by atoms with Gasteiger partial charge in [0.2, 0.25) is 0 Å². The molecule has 0 fully saturated rings. The number of carbonyl (C=O) groups is 2. The highest BCUT2D eigenvalue weighted by Gasteiger charge is 2.39. The number of hydrogen-bond donors (Lipinski definition) is 1. The Labute approximate surface area is 189 Å². The monoisotopic (exact) mass is 452 g/mol. The van der Waals surface area contributed by atoms with Gasteiger partial charge in [-0.2, -0.15) is 0 Å². The molecule has 1 aliphatic heterocycles. The van der Waals surface area contributed by atoms with Crippen LogP contribution in [0.4, 0.5) is 5.69 Å². The van der Waals surface area contributed by atoms with Crippen molar-refractivity contribution in [2.45, 2.75) is 13.3 Å². The largest absolute Gasteiger partial charge is 0.494 e. The summed E-state index contributed by atoms with van der Waals surface area (Å²) in [5, 5.41) is 5.71. The van der Waals surface area contributed by atoms with Gasteiger partial charge in [-0.3, -0.25) is 14.5 Å². The molecule has 1 N–H and O–H groups in total. The van der Waals surface area contributed by atoms with Crippen molar-refractivity contribution < 1.29 is 14.3 Å². The van der Waals surface area contributed by atoms with Gasteiger partial charge in [0.05, 0.1) is 12.2 Å². The van der Waals surface area contributed by atoms with Gasteiger partial charge < -0.3 is 10.1 Å². The zero-order valence-corrected chi connectivity index (χ0v) is 18.5. The zero-order chi connectivity index (χ0) is 21.8. The van der Waals surface area contributed by atoms with Crippen LogP contribution in [0.3, 0.4) is 0 Å². The van der Waals surface area contributed by atoms with Crippen molar-refractivity contribution in [3.63, 3.8) is 0 Å². The highest BCUT2D eigenvalue weighted by molar-refractivity contribution is 7.11. The summed E-state index contributed by atoms with van der Waals surface area (Å²) in [5.41, 5.74) is 2.43. The molecule has 0 atom stereocenters. The summed E-state index contributed by atoms with van der Waals surface area (Å²) in [6, 6.07) is 18.5. The van der Waals surface area contributed by atoms with Crippen molar-refractivity contribution in [2.24, 2.45) is 0 Å². The zero-order valence-electron chi connectivity index (χ0n) is 16.9. The number of amides is 2. The van der Waals surface area contributed by atoms with E-state index in [-0.39, 0.29) is 11.8 Å². The molecule has 7 heteroatoms. The highest BCUT2D eigenvalue weighted by atomic mass is 35.5.